The monoisotopic (exact) mass is 339 g/mol. The highest BCUT2D eigenvalue weighted by molar-refractivity contribution is 6.06. The molecule has 6 heteroatoms. The van der Waals surface area contributed by atoms with Crippen LogP contribution in [0.2, 0.25) is 0 Å². The molecule has 0 bridgehead atoms. The first kappa shape index (κ1) is 18.1. The lowest BCUT2D eigenvalue weighted by Gasteiger charge is -2.09. The number of carbonyl (C=O) groups is 3. The van der Waals surface area contributed by atoms with Gasteiger partial charge in [-0.1, -0.05) is 12.1 Å². The van der Waals surface area contributed by atoms with Crippen molar-refractivity contribution >= 4 is 23.8 Å². The molecule has 25 heavy (non-hydrogen) atoms. The molecule has 1 heterocycles. The van der Waals surface area contributed by atoms with Gasteiger partial charge >= 0.3 is 11.9 Å². The second-order valence-electron chi connectivity index (χ2n) is 5.28. The zero-order valence-corrected chi connectivity index (χ0v) is 14.1. The van der Waals surface area contributed by atoms with Crippen LogP contribution in [-0.4, -0.2) is 22.7 Å². The quantitative estimate of drug-likeness (QED) is 0.360. The second-order valence-corrected chi connectivity index (χ2v) is 5.28. The predicted octanol–water partition coefficient (Wildman–Crippen LogP) is 3.14. The lowest BCUT2D eigenvalue weighted by atomic mass is 10.1. The molecule has 0 aliphatic carbocycles. The molecule has 2 rings (SSSR count). The number of esters is 2. The SMILES string of the molecule is CC(=O)Oc1ccc(/C=C/C(=O)c2ccnc(C)c2)cc1OC(C)=O. The summed E-state index contributed by atoms with van der Waals surface area (Å²) in [5.41, 5.74) is 1.90. The Kier molecular flexibility index (Phi) is 5.79. The van der Waals surface area contributed by atoms with Gasteiger partial charge in [0.25, 0.3) is 0 Å². The van der Waals surface area contributed by atoms with Crippen molar-refractivity contribution in [3.63, 3.8) is 0 Å². The minimum Gasteiger partial charge on any atom is -0.423 e. The third-order valence-corrected chi connectivity index (χ3v) is 3.08. The van der Waals surface area contributed by atoms with Gasteiger partial charge in [0.1, 0.15) is 0 Å². The van der Waals surface area contributed by atoms with Crippen LogP contribution in [0.5, 0.6) is 11.5 Å². The molecule has 0 amide bonds. The molecular weight excluding hydrogens is 322 g/mol. The predicted molar refractivity (Wildman–Crippen MR) is 91.4 cm³/mol. The van der Waals surface area contributed by atoms with Gasteiger partial charge < -0.3 is 9.47 Å². The zero-order chi connectivity index (χ0) is 18.4. The Labute approximate surface area is 145 Å². The summed E-state index contributed by atoms with van der Waals surface area (Å²) in [5, 5.41) is 0. The average Bonchev–Trinajstić information content (AvgIpc) is 2.53. The molecule has 0 radical (unpaired) electrons. The zero-order valence-electron chi connectivity index (χ0n) is 14.1. The summed E-state index contributed by atoms with van der Waals surface area (Å²) in [4.78, 5) is 38.5. The molecule has 6 nitrogen and oxygen atoms in total. The maximum absolute atomic E-state index is 12.2. The van der Waals surface area contributed by atoms with Gasteiger partial charge in [-0.25, -0.2) is 0 Å². The van der Waals surface area contributed by atoms with E-state index >= 15 is 0 Å². The first-order valence-corrected chi connectivity index (χ1v) is 7.51. The largest absolute Gasteiger partial charge is 0.423 e. The molecule has 0 spiro atoms. The van der Waals surface area contributed by atoms with E-state index in [0.29, 0.717) is 11.1 Å². The molecule has 1 aromatic heterocycles. The Balaban J connectivity index is 2.25. The number of ether oxygens (including phenoxy) is 2. The van der Waals surface area contributed by atoms with Crippen molar-refractivity contribution in [1.82, 2.24) is 4.98 Å². The van der Waals surface area contributed by atoms with E-state index in [-0.39, 0.29) is 17.3 Å². The van der Waals surface area contributed by atoms with E-state index in [9.17, 15) is 14.4 Å². The summed E-state index contributed by atoms with van der Waals surface area (Å²) in [6.07, 6.45) is 4.57. The number of nitrogens with zero attached hydrogens (tertiary/aromatic N) is 1. The first-order chi connectivity index (χ1) is 11.8. The second kappa shape index (κ2) is 8.01. The van der Waals surface area contributed by atoms with Gasteiger partial charge in [-0.3, -0.25) is 19.4 Å². The maximum atomic E-state index is 12.2. The molecule has 0 aliphatic rings. The van der Waals surface area contributed by atoms with Crippen molar-refractivity contribution in [2.45, 2.75) is 20.8 Å². The van der Waals surface area contributed by atoms with Crippen molar-refractivity contribution in [3.8, 4) is 11.5 Å². The van der Waals surface area contributed by atoms with Crippen molar-refractivity contribution in [2.24, 2.45) is 0 Å². The third kappa shape index (κ3) is 5.39. The summed E-state index contributed by atoms with van der Waals surface area (Å²) in [5.74, 6) is -1.01. The number of hydrogen-bond donors (Lipinski definition) is 0. The number of pyridine rings is 1. The van der Waals surface area contributed by atoms with E-state index in [1.54, 1.807) is 37.4 Å². The van der Waals surface area contributed by atoms with Gasteiger partial charge in [-0.2, -0.15) is 0 Å². The van der Waals surface area contributed by atoms with E-state index in [1.807, 2.05) is 0 Å². The van der Waals surface area contributed by atoms with E-state index in [4.69, 9.17) is 9.47 Å². The normalized spacial score (nSPS) is 10.5. The van der Waals surface area contributed by atoms with Crippen molar-refractivity contribution in [2.75, 3.05) is 0 Å². The van der Waals surface area contributed by atoms with Crippen LogP contribution in [0, 0.1) is 6.92 Å². The molecule has 2 aromatic rings. The summed E-state index contributed by atoms with van der Waals surface area (Å²) < 4.78 is 10.0. The molecule has 0 atom stereocenters. The summed E-state index contributed by atoms with van der Waals surface area (Å²) in [7, 11) is 0. The van der Waals surface area contributed by atoms with E-state index < -0.39 is 11.9 Å². The molecular formula is C19H17NO5. The number of benzene rings is 1. The van der Waals surface area contributed by atoms with E-state index in [2.05, 4.69) is 4.98 Å². The van der Waals surface area contributed by atoms with Gasteiger partial charge in [0.05, 0.1) is 0 Å². The van der Waals surface area contributed by atoms with Crippen LogP contribution >= 0.6 is 0 Å². The van der Waals surface area contributed by atoms with E-state index in [0.717, 1.165) is 5.69 Å². The van der Waals surface area contributed by atoms with Crippen LogP contribution in [0.4, 0.5) is 0 Å². The number of hydrogen-bond acceptors (Lipinski definition) is 6. The Morgan fingerprint density at radius 1 is 0.960 bits per heavy atom. The number of allylic oxidation sites excluding steroid dienone is 1. The highest BCUT2D eigenvalue weighted by Gasteiger charge is 2.11. The Hall–Kier alpha value is -3.28. The van der Waals surface area contributed by atoms with Crippen molar-refractivity contribution in [1.29, 1.82) is 0 Å². The molecule has 0 saturated carbocycles. The lowest BCUT2D eigenvalue weighted by Crippen LogP contribution is -2.07. The fraction of sp³-hybridized carbons (Fsp3) is 0.158. The van der Waals surface area contributed by atoms with Crippen molar-refractivity contribution < 1.29 is 23.9 Å². The van der Waals surface area contributed by atoms with Crippen LogP contribution in [0.1, 0.15) is 35.5 Å². The summed E-state index contributed by atoms with van der Waals surface area (Å²) >= 11 is 0. The van der Waals surface area contributed by atoms with Crippen LogP contribution in [0.25, 0.3) is 6.08 Å². The highest BCUT2D eigenvalue weighted by atomic mass is 16.6. The summed E-state index contributed by atoms with van der Waals surface area (Å²) in [6, 6.07) is 7.99. The molecule has 0 fully saturated rings. The topological polar surface area (TPSA) is 82.6 Å². The minimum absolute atomic E-state index is 0.108. The van der Waals surface area contributed by atoms with Gasteiger partial charge in [0.15, 0.2) is 17.3 Å². The highest BCUT2D eigenvalue weighted by Crippen LogP contribution is 2.29. The number of ketones is 1. The Morgan fingerprint density at radius 3 is 2.28 bits per heavy atom. The molecule has 128 valence electrons. The van der Waals surface area contributed by atoms with E-state index in [1.165, 1.54) is 32.1 Å². The summed E-state index contributed by atoms with van der Waals surface area (Å²) in [6.45, 7) is 4.30. The van der Waals surface area contributed by atoms with Crippen LogP contribution < -0.4 is 9.47 Å². The molecule has 0 unspecified atom stereocenters. The standard InChI is InChI=1S/C19H17NO5/c1-12-10-16(8-9-20-12)17(23)6-4-15-5-7-18(24-13(2)21)19(11-15)25-14(3)22/h4-11H,1-3H3/b6-4+. The number of carbonyl (C=O) groups excluding carboxylic acids is 3. The molecule has 0 N–H and O–H groups in total. The third-order valence-electron chi connectivity index (χ3n) is 3.08. The lowest BCUT2D eigenvalue weighted by molar-refractivity contribution is -0.134. The van der Waals surface area contributed by atoms with Crippen LogP contribution in [-0.2, 0) is 9.59 Å². The fourth-order valence-electron chi connectivity index (χ4n) is 2.07. The molecule has 0 saturated heterocycles. The molecule has 1 aromatic carbocycles. The van der Waals surface area contributed by atoms with Gasteiger partial charge in [-0.15, -0.1) is 0 Å². The fourth-order valence-corrected chi connectivity index (χ4v) is 2.07. The smallest absolute Gasteiger partial charge is 0.308 e. The van der Waals surface area contributed by atoms with Gasteiger partial charge in [-0.05, 0) is 42.8 Å². The Morgan fingerprint density at radius 2 is 1.64 bits per heavy atom. The number of aromatic nitrogens is 1. The Bertz CT molecular complexity index is 855. The molecule has 0 aliphatic heterocycles. The van der Waals surface area contributed by atoms with Crippen LogP contribution in [0.15, 0.2) is 42.6 Å². The van der Waals surface area contributed by atoms with Crippen LogP contribution in [0.3, 0.4) is 0 Å². The number of aryl methyl sites for hydroxylation is 1. The van der Waals surface area contributed by atoms with Gasteiger partial charge in [0, 0.05) is 31.3 Å². The first-order valence-electron chi connectivity index (χ1n) is 7.51. The number of rotatable bonds is 5. The minimum atomic E-state index is -0.544. The van der Waals surface area contributed by atoms with Crippen molar-refractivity contribution in [3.05, 3.63) is 59.4 Å². The van der Waals surface area contributed by atoms with Gasteiger partial charge in [0.2, 0.25) is 0 Å². The average molecular weight is 339 g/mol. The maximum Gasteiger partial charge on any atom is 0.308 e.